The average Bonchev–Trinajstić information content (AvgIpc) is 2.43. The summed E-state index contributed by atoms with van der Waals surface area (Å²) in [5, 5.41) is 22.3. The minimum atomic E-state index is -0.203. The second-order valence-corrected chi connectivity index (χ2v) is 4.23. The molecule has 0 aliphatic rings. The number of aromatic nitrogens is 2. The normalized spacial score (nSPS) is 10.2. The molecule has 1 amide bonds. The van der Waals surface area contributed by atoms with Gasteiger partial charge in [-0.05, 0) is 31.9 Å². The standard InChI is InChI=1S/C13H22N4O2/c1-2-14-13(19)11-7-8-12(17-16-11)15-9-5-3-4-6-10-18/h7-8,18H,2-6,9-10H2,1H3,(H,14,19)(H,15,17). The average molecular weight is 266 g/mol. The van der Waals surface area contributed by atoms with E-state index in [1.54, 1.807) is 12.1 Å². The zero-order chi connectivity index (χ0) is 13.9. The Morgan fingerprint density at radius 3 is 2.63 bits per heavy atom. The van der Waals surface area contributed by atoms with Gasteiger partial charge in [-0.2, -0.15) is 0 Å². The number of amides is 1. The summed E-state index contributed by atoms with van der Waals surface area (Å²) in [5.41, 5.74) is 0.329. The number of rotatable bonds is 9. The van der Waals surface area contributed by atoms with Crippen LogP contribution >= 0.6 is 0 Å². The van der Waals surface area contributed by atoms with Gasteiger partial charge >= 0.3 is 0 Å². The van der Waals surface area contributed by atoms with Crippen LogP contribution in [0, 0.1) is 0 Å². The van der Waals surface area contributed by atoms with Crippen LogP contribution in [0.2, 0.25) is 0 Å². The predicted octanol–water partition coefficient (Wildman–Crippen LogP) is 1.19. The molecule has 0 unspecified atom stereocenters. The molecule has 0 saturated heterocycles. The van der Waals surface area contributed by atoms with E-state index in [-0.39, 0.29) is 12.5 Å². The third kappa shape index (κ3) is 6.15. The molecule has 0 radical (unpaired) electrons. The fourth-order valence-electron chi connectivity index (χ4n) is 1.61. The quantitative estimate of drug-likeness (QED) is 0.584. The highest BCUT2D eigenvalue weighted by atomic mass is 16.2. The van der Waals surface area contributed by atoms with Crippen molar-refractivity contribution in [3.63, 3.8) is 0 Å². The van der Waals surface area contributed by atoms with Crippen LogP contribution in [0.15, 0.2) is 12.1 Å². The molecule has 0 saturated carbocycles. The number of carbonyl (C=O) groups excluding carboxylic acids is 1. The number of hydrogen-bond acceptors (Lipinski definition) is 5. The van der Waals surface area contributed by atoms with Gasteiger partial charge in [-0.3, -0.25) is 4.79 Å². The van der Waals surface area contributed by atoms with Crippen LogP contribution in [0.25, 0.3) is 0 Å². The Kier molecular flexibility index (Phi) is 7.50. The van der Waals surface area contributed by atoms with Gasteiger partial charge in [-0.1, -0.05) is 12.8 Å². The summed E-state index contributed by atoms with van der Waals surface area (Å²) in [7, 11) is 0. The first kappa shape index (κ1) is 15.4. The van der Waals surface area contributed by atoms with E-state index in [0.717, 1.165) is 32.2 Å². The molecule has 0 fully saturated rings. The summed E-state index contributed by atoms with van der Waals surface area (Å²) >= 11 is 0. The van der Waals surface area contributed by atoms with Gasteiger partial charge in [-0.25, -0.2) is 0 Å². The maximum absolute atomic E-state index is 11.5. The van der Waals surface area contributed by atoms with Gasteiger partial charge in [0.1, 0.15) is 5.82 Å². The molecule has 3 N–H and O–H groups in total. The molecule has 19 heavy (non-hydrogen) atoms. The van der Waals surface area contributed by atoms with Gasteiger partial charge in [-0.15, -0.1) is 10.2 Å². The van der Waals surface area contributed by atoms with Crippen molar-refractivity contribution in [2.24, 2.45) is 0 Å². The van der Waals surface area contributed by atoms with Crippen LogP contribution in [0.1, 0.15) is 43.1 Å². The van der Waals surface area contributed by atoms with Crippen LogP contribution in [-0.2, 0) is 0 Å². The highest BCUT2D eigenvalue weighted by Gasteiger charge is 2.05. The maximum atomic E-state index is 11.5. The fourth-order valence-corrected chi connectivity index (χ4v) is 1.61. The number of nitrogens with one attached hydrogen (secondary N) is 2. The molecule has 6 nitrogen and oxygen atoms in total. The molecule has 106 valence electrons. The highest BCUT2D eigenvalue weighted by Crippen LogP contribution is 2.04. The van der Waals surface area contributed by atoms with Gasteiger partial charge in [0.2, 0.25) is 0 Å². The Bertz CT molecular complexity index is 367. The second kappa shape index (κ2) is 9.27. The highest BCUT2D eigenvalue weighted by molar-refractivity contribution is 5.92. The van der Waals surface area contributed by atoms with Crippen LogP contribution in [0.4, 0.5) is 5.82 Å². The summed E-state index contributed by atoms with van der Waals surface area (Å²) in [6.45, 7) is 3.52. The molecule has 6 heteroatoms. The summed E-state index contributed by atoms with van der Waals surface area (Å²) in [6, 6.07) is 3.41. The van der Waals surface area contributed by atoms with Gasteiger partial charge in [0.25, 0.3) is 5.91 Å². The van der Waals surface area contributed by atoms with Gasteiger partial charge in [0.05, 0.1) is 0 Å². The molecular formula is C13H22N4O2. The Labute approximate surface area is 113 Å². The number of aliphatic hydroxyl groups excluding tert-OH is 1. The van der Waals surface area contributed by atoms with Gasteiger partial charge in [0.15, 0.2) is 5.69 Å². The van der Waals surface area contributed by atoms with Crippen LogP contribution < -0.4 is 10.6 Å². The SMILES string of the molecule is CCNC(=O)c1ccc(NCCCCCCO)nn1. The lowest BCUT2D eigenvalue weighted by atomic mass is 10.2. The number of aliphatic hydroxyl groups is 1. The first-order chi connectivity index (χ1) is 9.27. The van der Waals surface area contributed by atoms with Crippen molar-refractivity contribution in [1.82, 2.24) is 15.5 Å². The number of unbranched alkanes of at least 4 members (excludes halogenated alkanes) is 3. The van der Waals surface area contributed by atoms with E-state index in [4.69, 9.17) is 5.11 Å². The van der Waals surface area contributed by atoms with Crippen molar-refractivity contribution in [1.29, 1.82) is 0 Å². The zero-order valence-electron chi connectivity index (χ0n) is 11.4. The van der Waals surface area contributed by atoms with Crippen molar-refractivity contribution in [2.75, 3.05) is 25.0 Å². The molecule has 0 aromatic carbocycles. The van der Waals surface area contributed by atoms with Crippen molar-refractivity contribution < 1.29 is 9.90 Å². The lowest BCUT2D eigenvalue weighted by Crippen LogP contribution is -2.24. The lowest BCUT2D eigenvalue weighted by Gasteiger charge is -2.05. The summed E-state index contributed by atoms with van der Waals surface area (Å²) in [4.78, 5) is 11.5. The van der Waals surface area contributed by atoms with E-state index in [0.29, 0.717) is 18.1 Å². The van der Waals surface area contributed by atoms with E-state index in [1.165, 1.54) is 0 Å². The van der Waals surface area contributed by atoms with Crippen molar-refractivity contribution >= 4 is 11.7 Å². The Balaban J connectivity index is 2.26. The number of hydrogen-bond donors (Lipinski definition) is 3. The van der Waals surface area contributed by atoms with Crippen molar-refractivity contribution in [3.05, 3.63) is 17.8 Å². The molecule has 0 aliphatic heterocycles. The Morgan fingerprint density at radius 1 is 1.21 bits per heavy atom. The third-order valence-corrected chi connectivity index (χ3v) is 2.63. The van der Waals surface area contributed by atoms with Gasteiger partial charge in [0, 0.05) is 19.7 Å². The van der Waals surface area contributed by atoms with E-state index in [9.17, 15) is 4.79 Å². The Morgan fingerprint density at radius 2 is 2.00 bits per heavy atom. The van der Waals surface area contributed by atoms with Crippen LogP contribution in [-0.4, -0.2) is 40.9 Å². The molecule has 1 aromatic rings. The van der Waals surface area contributed by atoms with Gasteiger partial charge < -0.3 is 15.7 Å². The van der Waals surface area contributed by atoms with E-state index < -0.39 is 0 Å². The minimum absolute atomic E-state index is 0.203. The number of anilines is 1. The van der Waals surface area contributed by atoms with Crippen molar-refractivity contribution in [2.45, 2.75) is 32.6 Å². The molecule has 0 bridgehead atoms. The summed E-state index contributed by atoms with van der Waals surface area (Å²) in [5.74, 6) is 0.473. The summed E-state index contributed by atoms with van der Waals surface area (Å²) < 4.78 is 0. The maximum Gasteiger partial charge on any atom is 0.271 e. The molecule has 0 spiro atoms. The molecule has 1 heterocycles. The summed E-state index contributed by atoms with van der Waals surface area (Å²) in [6.07, 6.45) is 4.01. The fraction of sp³-hybridized carbons (Fsp3) is 0.615. The minimum Gasteiger partial charge on any atom is -0.396 e. The van der Waals surface area contributed by atoms with Crippen LogP contribution in [0.3, 0.4) is 0 Å². The van der Waals surface area contributed by atoms with E-state index in [1.807, 2.05) is 6.92 Å². The van der Waals surface area contributed by atoms with Crippen molar-refractivity contribution in [3.8, 4) is 0 Å². The number of nitrogens with zero attached hydrogens (tertiary/aromatic N) is 2. The molecule has 0 aliphatic carbocycles. The molecular weight excluding hydrogens is 244 g/mol. The zero-order valence-corrected chi connectivity index (χ0v) is 11.4. The molecule has 1 rings (SSSR count). The second-order valence-electron chi connectivity index (χ2n) is 4.23. The third-order valence-electron chi connectivity index (χ3n) is 2.63. The largest absolute Gasteiger partial charge is 0.396 e. The first-order valence-corrected chi connectivity index (χ1v) is 6.74. The molecule has 0 atom stereocenters. The smallest absolute Gasteiger partial charge is 0.271 e. The number of carbonyl (C=O) groups is 1. The van der Waals surface area contributed by atoms with E-state index in [2.05, 4.69) is 20.8 Å². The van der Waals surface area contributed by atoms with E-state index >= 15 is 0 Å². The predicted molar refractivity (Wildman–Crippen MR) is 74.1 cm³/mol. The topological polar surface area (TPSA) is 87.1 Å². The molecule has 1 aromatic heterocycles. The van der Waals surface area contributed by atoms with Crippen LogP contribution in [0.5, 0.6) is 0 Å². The first-order valence-electron chi connectivity index (χ1n) is 6.74. The monoisotopic (exact) mass is 266 g/mol. The Hall–Kier alpha value is -1.69. The lowest BCUT2D eigenvalue weighted by molar-refractivity contribution is 0.0950.